The first-order valence-corrected chi connectivity index (χ1v) is 7.24. The first-order valence-electron chi connectivity index (χ1n) is 6.86. The number of nitrogens with one attached hydrogen (secondary N) is 2. The van der Waals surface area contributed by atoms with Crippen LogP contribution >= 0.6 is 11.6 Å². The minimum Gasteiger partial charge on any atom is -0.369 e. The Morgan fingerprint density at radius 1 is 1.23 bits per heavy atom. The van der Waals surface area contributed by atoms with E-state index in [0.29, 0.717) is 5.71 Å². The second kappa shape index (κ2) is 5.31. The van der Waals surface area contributed by atoms with Crippen molar-refractivity contribution in [1.29, 1.82) is 0 Å². The Labute approximate surface area is 130 Å². The van der Waals surface area contributed by atoms with Gasteiger partial charge in [0.2, 0.25) is 0 Å². The number of H-pyrrole nitrogens is 1. The zero-order valence-electron chi connectivity index (χ0n) is 11.5. The van der Waals surface area contributed by atoms with E-state index in [0.717, 1.165) is 40.1 Å². The van der Waals surface area contributed by atoms with E-state index < -0.39 is 0 Å². The van der Waals surface area contributed by atoms with E-state index in [1.807, 2.05) is 24.4 Å². The maximum Gasteiger partial charge on any atom is 0.262 e. The summed E-state index contributed by atoms with van der Waals surface area (Å²) in [5, 5.41) is 9.69. The predicted octanol–water partition coefficient (Wildman–Crippen LogP) is 3.41. The monoisotopic (exact) mass is 313 g/mol. The van der Waals surface area contributed by atoms with Gasteiger partial charge in [-0.3, -0.25) is 0 Å². The molecule has 0 unspecified atom stereocenters. The van der Waals surface area contributed by atoms with Gasteiger partial charge < -0.3 is 14.8 Å². The normalized spacial score (nSPS) is 11.3. The molecule has 3 aromatic heterocycles. The standard InChI is InChI=1S/C15H12ClN5O/c16-10-1-2-13-11(5-10)9(6-18-13)3-4-17-14-12-7-21-22-15(12)20-8-19-14/h1-2,5-8,18H,3-4H2,(H,17,19,20). The molecule has 0 aliphatic heterocycles. The van der Waals surface area contributed by atoms with Crippen LogP contribution in [-0.2, 0) is 6.42 Å². The van der Waals surface area contributed by atoms with Gasteiger partial charge in [0.05, 0.1) is 6.20 Å². The average Bonchev–Trinajstić information content (AvgIpc) is 3.14. The Kier molecular flexibility index (Phi) is 3.16. The van der Waals surface area contributed by atoms with E-state index in [2.05, 4.69) is 25.4 Å². The van der Waals surface area contributed by atoms with Crippen LogP contribution in [0.4, 0.5) is 5.82 Å². The molecule has 4 rings (SSSR count). The van der Waals surface area contributed by atoms with Crippen LogP contribution in [0.2, 0.25) is 5.02 Å². The van der Waals surface area contributed by atoms with Crippen molar-refractivity contribution in [2.75, 3.05) is 11.9 Å². The maximum atomic E-state index is 6.07. The van der Waals surface area contributed by atoms with Gasteiger partial charge in [-0.25, -0.2) is 4.98 Å². The molecule has 4 aromatic rings. The molecule has 1 aromatic carbocycles. The van der Waals surface area contributed by atoms with E-state index >= 15 is 0 Å². The third kappa shape index (κ3) is 2.27. The predicted molar refractivity (Wildman–Crippen MR) is 85.1 cm³/mol. The smallest absolute Gasteiger partial charge is 0.262 e. The highest BCUT2D eigenvalue weighted by Gasteiger charge is 2.08. The van der Waals surface area contributed by atoms with E-state index in [-0.39, 0.29) is 0 Å². The number of anilines is 1. The van der Waals surface area contributed by atoms with Gasteiger partial charge in [-0.1, -0.05) is 16.8 Å². The topological polar surface area (TPSA) is 79.6 Å². The zero-order chi connectivity index (χ0) is 14.9. The van der Waals surface area contributed by atoms with Crippen LogP contribution in [0.25, 0.3) is 22.0 Å². The lowest BCUT2D eigenvalue weighted by Crippen LogP contribution is -2.06. The summed E-state index contributed by atoms with van der Waals surface area (Å²) in [6, 6.07) is 5.84. The van der Waals surface area contributed by atoms with Crippen molar-refractivity contribution < 1.29 is 4.52 Å². The summed E-state index contributed by atoms with van der Waals surface area (Å²) in [6.45, 7) is 0.733. The average molecular weight is 314 g/mol. The van der Waals surface area contributed by atoms with Crippen LogP contribution in [0.5, 0.6) is 0 Å². The lowest BCUT2D eigenvalue weighted by atomic mass is 10.1. The van der Waals surface area contributed by atoms with Crippen molar-refractivity contribution in [1.82, 2.24) is 20.1 Å². The van der Waals surface area contributed by atoms with E-state index in [4.69, 9.17) is 16.1 Å². The number of aromatic amines is 1. The van der Waals surface area contributed by atoms with E-state index in [1.54, 1.807) is 6.20 Å². The molecule has 6 nitrogen and oxygen atoms in total. The summed E-state index contributed by atoms with van der Waals surface area (Å²) in [4.78, 5) is 11.5. The summed E-state index contributed by atoms with van der Waals surface area (Å²) in [5.41, 5.74) is 2.78. The van der Waals surface area contributed by atoms with E-state index in [9.17, 15) is 0 Å². The van der Waals surface area contributed by atoms with Gasteiger partial charge in [0.25, 0.3) is 5.71 Å². The Morgan fingerprint density at radius 3 is 3.14 bits per heavy atom. The van der Waals surface area contributed by atoms with Crippen molar-refractivity contribution in [2.24, 2.45) is 0 Å². The molecule has 0 aliphatic carbocycles. The second-order valence-electron chi connectivity index (χ2n) is 4.95. The van der Waals surface area contributed by atoms with Crippen LogP contribution in [0.15, 0.2) is 41.4 Å². The Balaban J connectivity index is 1.52. The number of rotatable bonds is 4. The fourth-order valence-corrected chi connectivity index (χ4v) is 2.68. The molecule has 0 radical (unpaired) electrons. The van der Waals surface area contributed by atoms with Gasteiger partial charge in [0.15, 0.2) is 0 Å². The van der Waals surface area contributed by atoms with Crippen molar-refractivity contribution in [3.8, 4) is 0 Å². The van der Waals surface area contributed by atoms with Gasteiger partial charge in [0.1, 0.15) is 17.5 Å². The summed E-state index contributed by atoms with van der Waals surface area (Å²) in [7, 11) is 0. The van der Waals surface area contributed by atoms with Crippen molar-refractivity contribution in [2.45, 2.75) is 6.42 Å². The number of aromatic nitrogens is 4. The number of fused-ring (bicyclic) bond motifs is 2. The Hall–Kier alpha value is -2.60. The summed E-state index contributed by atoms with van der Waals surface area (Å²) < 4.78 is 5.02. The third-order valence-electron chi connectivity index (χ3n) is 3.58. The second-order valence-corrected chi connectivity index (χ2v) is 5.38. The molecular formula is C15H12ClN5O. The van der Waals surface area contributed by atoms with Crippen LogP contribution in [0.1, 0.15) is 5.56 Å². The lowest BCUT2D eigenvalue weighted by Gasteiger charge is -2.05. The van der Waals surface area contributed by atoms with Gasteiger partial charge in [-0.15, -0.1) is 0 Å². The maximum absolute atomic E-state index is 6.07. The first kappa shape index (κ1) is 13.1. The van der Waals surface area contributed by atoms with Crippen molar-refractivity contribution in [3.05, 3.63) is 47.5 Å². The molecule has 0 saturated heterocycles. The van der Waals surface area contributed by atoms with Crippen molar-refractivity contribution in [3.63, 3.8) is 0 Å². The molecule has 110 valence electrons. The number of benzene rings is 1. The molecule has 0 spiro atoms. The molecule has 0 atom stereocenters. The molecule has 0 aliphatic rings. The van der Waals surface area contributed by atoms with Gasteiger partial charge in [-0.2, -0.15) is 4.98 Å². The van der Waals surface area contributed by atoms with E-state index in [1.165, 1.54) is 11.9 Å². The number of nitrogens with zero attached hydrogens (tertiary/aromatic N) is 3. The highest BCUT2D eigenvalue weighted by Crippen LogP contribution is 2.23. The van der Waals surface area contributed by atoms with Crippen molar-refractivity contribution >= 4 is 39.4 Å². The van der Waals surface area contributed by atoms with Crippen LogP contribution in [0.3, 0.4) is 0 Å². The summed E-state index contributed by atoms with van der Waals surface area (Å²) >= 11 is 6.07. The fraction of sp³-hybridized carbons (Fsp3) is 0.133. The summed E-state index contributed by atoms with van der Waals surface area (Å²) in [6.07, 6.45) is 5.93. The molecular weight excluding hydrogens is 302 g/mol. The third-order valence-corrected chi connectivity index (χ3v) is 3.82. The zero-order valence-corrected chi connectivity index (χ0v) is 12.3. The minimum atomic E-state index is 0.483. The fourth-order valence-electron chi connectivity index (χ4n) is 2.51. The molecule has 0 bridgehead atoms. The molecule has 3 heterocycles. The van der Waals surface area contributed by atoms with Gasteiger partial charge >= 0.3 is 0 Å². The molecule has 7 heteroatoms. The summed E-state index contributed by atoms with van der Waals surface area (Å²) in [5.74, 6) is 0.726. The first-order chi connectivity index (χ1) is 10.8. The van der Waals surface area contributed by atoms with Gasteiger partial charge in [0, 0.05) is 28.7 Å². The molecule has 22 heavy (non-hydrogen) atoms. The number of hydrogen-bond acceptors (Lipinski definition) is 5. The largest absolute Gasteiger partial charge is 0.369 e. The Bertz CT molecular complexity index is 945. The Morgan fingerprint density at radius 2 is 2.18 bits per heavy atom. The quantitative estimate of drug-likeness (QED) is 0.603. The minimum absolute atomic E-state index is 0.483. The van der Waals surface area contributed by atoms with Crippen LogP contribution < -0.4 is 5.32 Å². The van der Waals surface area contributed by atoms with Crippen LogP contribution in [0, 0.1) is 0 Å². The molecule has 0 amide bonds. The van der Waals surface area contributed by atoms with Crippen LogP contribution in [-0.4, -0.2) is 26.7 Å². The highest BCUT2D eigenvalue weighted by atomic mass is 35.5. The number of hydrogen-bond donors (Lipinski definition) is 2. The van der Waals surface area contributed by atoms with Gasteiger partial charge in [-0.05, 0) is 30.2 Å². The highest BCUT2D eigenvalue weighted by molar-refractivity contribution is 6.31. The SMILES string of the molecule is Clc1ccc2[nH]cc(CCNc3ncnc4oncc34)c2c1. The molecule has 0 saturated carbocycles. The molecule has 2 N–H and O–H groups in total. The number of halogens is 1. The molecule has 0 fully saturated rings. The lowest BCUT2D eigenvalue weighted by molar-refractivity contribution is 0.448.